The van der Waals surface area contributed by atoms with E-state index in [1.165, 1.54) is 11.3 Å². The Hall–Kier alpha value is -1.86. The number of carbonyl (C=O) groups excluding carboxylic acids is 1. The SMILES string of the molecule is O=C(Nc1nccs1)c1ccc(NCCO)o1. The lowest BCUT2D eigenvalue weighted by Crippen LogP contribution is -2.10. The van der Waals surface area contributed by atoms with Crippen molar-refractivity contribution in [1.29, 1.82) is 0 Å². The molecule has 0 radical (unpaired) electrons. The number of hydrogen-bond donors (Lipinski definition) is 3. The molecule has 0 aliphatic heterocycles. The van der Waals surface area contributed by atoms with Crippen LogP contribution in [0.25, 0.3) is 0 Å². The number of aliphatic hydroxyl groups is 1. The lowest BCUT2D eigenvalue weighted by Gasteiger charge is -1.99. The molecule has 2 heterocycles. The molecule has 17 heavy (non-hydrogen) atoms. The average Bonchev–Trinajstić information content (AvgIpc) is 2.96. The second-order valence-corrected chi connectivity index (χ2v) is 4.00. The number of furan rings is 1. The van der Waals surface area contributed by atoms with Crippen LogP contribution in [-0.4, -0.2) is 29.1 Å². The van der Waals surface area contributed by atoms with E-state index in [-0.39, 0.29) is 18.3 Å². The van der Waals surface area contributed by atoms with E-state index in [1.807, 2.05) is 0 Å². The molecule has 1 amide bonds. The van der Waals surface area contributed by atoms with Gasteiger partial charge in [0.1, 0.15) is 0 Å². The van der Waals surface area contributed by atoms with Crippen molar-refractivity contribution in [3.05, 3.63) is 29.5 Å². The van der Waals surface area contributed by atoms with Crippen LogP contribution < -0.4 is 10.6 Å². The molecule has 7 heteroatoms. The van der Waals surface area contributed by atoms with Crippen LogP contribution in [0.1, 0.15) is 10.6 Å². The predicted octanol–water partition coefficient (Wildman–Crippen LogP) is 1.39. The maximum absolute atomic E-state index is 11.7. The van der Waals surface area contributed by atoms with E-state index in [2.05, 4.69) is 15.6 Å². The minimum Gasteiger partial charge on any atom is -0.436 e. The van der Waals surface area contributed by atoms with Gasteiger partial charge in [-0.1, -0.05) is 0 Å². The zero-order chi connectivity index (χ0) is 12.1. The summed E-state index contributed by atoms with van der Waals surface area (Å²) >= 11 is 1.33. The van der Waals surface area contributed by atoms with Gasteiger partial charge in [0.25, 0.3) is 5.91 Å². The summed E-state index contributed by atoms with van der Waals surface area (Å²) in [7, 11) is 0. The number of thiazole rings is 1. The van der Waals surface area contributed by atoms with Crippen molar-refractivity contribution < 1.29 is 14.3 Å². The maximum atomic E-state index is 11.7. The Labute approximate surface area is 101 Å². The first-order valence-electron chi connectivity index (χ1n) is 4.95. The number of aliphatic hydroxyl groups excluding tert-OH is 1. The van der Waals surface area contributed by atoms with Crippen LogP contribution in [0.5, 0.6) is 0 Å². The number of nitrogens with one attached hydrogen (secondary N) is 2. The number of rotatable bonds is 5. The number of amides is 1. The average molecular weight is 253 g/mol. The molecule has 0 aliphatic carbocycles. The molecular formula is C10H11N3O3S. The molecule has 0 saturated heterocycles. The topological polar surface area (TPSA) is 87.4 Å². The summed E-state index contributed by atoms with van der Waals surface area (Å²) in [5, 5.41) is 16.3. The normalized spacial score (nSPS) is 10.2. The van der Waals surface area contributed by atoms with Crippen LogP contribution in [0.3, 0.4) is 0 Å². The first-order chi connectivity index (χ1) is 8.29. The molecule has 2 rings (SSSR count). The summed E-state index contributed by atoms with van der Waals surface area (Å²) in [5.41, 5.74) is 0. The van der Waals surface area contributed by atoms with Crippen LogP contribution in [0.15, 0.2) is 28.1 Å². The Balaban J connectivity index is 1.97. The van der Waals surface area contributed by atoms with Gasteiger partial charge in [-0.25, -0.2) is 4.98 Å². The molecule has 6 nitrogen and oxygen atoms in total. The molecular weight excluding hydrogens is 242 g/mol. The van der Waals surface area contributed by atoms with Gasteiger partial charge in [0.2, 0.25) is 0 Å². The lowest BCUT2D eigenvalue weighted by atomic mass is 10.4. The molecule has 0 aromatic carbocycles. The van der Waals surface area contributed by atoms with Crippen molar-refractivity contribution in [2.75, 3.05) is 23.8 Å². The monoisotopic (exact) mass is 253 g/mol. The molecule has 0 unspecified atom stereocenters. The van der Waals surface area contributed by atoms with Gasteiger partial charge < -0.3 is 14.8 Å². The fourth-order valence-electron chi connectivity index (χ4n) is 1.18. The molecule has 2 aromatic heterocycles. The van der Waals surface area contributed by atoms with E-state index in [1.54, 1.807) is 23.7 Å². The van der Waals surface area contributed by atoms with Crippen molar-refractivity contribution in [2.45, 2.75) is 0 Å². The molecule has 0 spiro atoms. The van der Waals surface area contributed by atoms with E-state index >= 15 is 0 Å². The number of hydrogen-bond acceptors (Lipinski definition) is 6. The van der Waals surface area contributed by atoms with Gasteiger partial charge in [0, 0.05) is 24.2 Å². The Morgan fingerprint density at radius 2 is 2.41 bits per heavy atom. The molecule has 0 aliphatic rings. The van der Waals surface area contributed by atoms with E-state index < -0.39 is 0 Å². The summed E-state index contributed by atoms with van der Waals surface area (Å²) in [6.45, 7) is 0.377. The molecule has 0 bridgehead atoms. The van der Waals surface area contributed by atoms with E-state index in [0.717, 1.165) is 0 Å². The minimum absolute atomic E-state index is 0.00133. The zero-order valence-electron chi connectivity index (χ0n) is 8.84. The highest BCUT2D eigenvalue weighted by Gasteiger charge is 2.12. The van der Waals surface area contributed by atoms with Gasteiger partial charge in [0.15, 0.2) is 16.8 Å². The Morgan fingerprint density at radius 1 is 1.53 bits per heavy atom. The zero-order valence-corrected chi connectivity index (χ0v) is 9.66. The van der Waals surface area contributed by atoms with E-state index in [9.17, 15) is 4.79 Å². The van der Waals surface area contributed by atoms with Crippen LogP contribution in [-0.2, 0) is 0 Å². The van der Waals surface area contributed by atoms with Crippen LogP contribution >= 0.6 is 11.3 Å². The van der Waals surface area contributed by atoms with Crippen molar-refractivity contribution >= 4 is 28.3 Å². The summed E-state index contributed by atoms with van der Waals surface area (Å²) < 4.78 is 5.24. The second kappa shape index (κ2) is 5.46. The molecule has 0 fully saturated rings. The molecule has 0 saturated carbocycles. The summed E-state index contributed by atoms with van der Waals surface area (Å²) in [6, 6.07) is 3.19. The van der Waals surface area contributed by atoms with Crippen LogP contribution in [0.2, 0.25) is 0 Å². The first-order valence-corrected chi connectivity index (χ1v) is 5.83. The third-order valence-corrected chi connectivity index (χ3v) is 2.58. The Kier molecular flexibility index (Phi) is 3.73. The van der Waals surface area contributed by atoms with Crippen molar-refractivity contribution in [1.82, 2.24) is 4.98 Å². The highest BCUT2D eigenvalue weighted by atomic mass is 32.1. The summed E-state index contributed by atoms with van der Waals surface area (Å²) in [6.07, 6.45) is 1.61. The number of nitrogens with zero attached hydrogens (tertiary/aromatic N) is 1. The largest absolute Gasteiger partial charge is 0.436 e. The van der Waals surface area contributed by atoms with Crippen LogP contribution in [0.4, 0.5) is 11.0 Å². The molecule has 3 N–H and O–H groups in total. The summed E-state index contributed by atoms with van der Waals surface area (Å²) in [5.74, 6) is 0.293. The van der Waals surface area contributed by atoms with Gasteiger partial charge in [-0.15, -0.1) is 11.3 Å². The predicted molar refractivity (Wildman–Crippen MR) is 64.4 cm³/mol. The van der Waals surface area contributed by atoms with E-state index in [4.69, 9.17) is 9.52 Å². The Morgan fingerprint density at radius 3 is 3.12 bits per heavy atom. The fraction of sp³-hybridized carbons (Fsp3) is 0.200. The van der Waals surface area contributed by atoms with Gasteiger partial charge in [-0.3, -0.25) is 10.1 Å². The lowest BCUT2D eigenvalue weighted by molar-refractivity contribution is 0.0997. The molecule has 2 aromatic rings. The van der Waals surface area contributed by atoms with E-state index in [0.29, 0.717) is 17.6 Å². The van der Waals surface area contributed by atoms with Crippen molar-refractivity contribution in [3.63, 3.8) is 0 Å². The maximum Gasteiger partial charge on any atom is 0.293 e. The highest BCUT2D eigenvalue weighted by molar-refractivity contribution is 7.13. The van der Waals surface area contributed by atoms with Crippen molar-refractivity contribution in [2.24, 2.45) is 0 Å². The van der Waals surface area contributed by atoms with Gasteiger partial charge in [-0.2, -0.15) is 0 Å². The van der Waals surface area contributed by atoms with Gasteiger partial charge in [0.05, 0.1) is 6.61 Å². The number of anilines is 2. The number of carbonyl (C=O) groups is 1. The van der Waals surface area contributed by atoms with Crippen molar-refractivity contribution in [3.8, 4) is 0 Å². The Bertz CT molecular complexity index is 481. The van der Waals surface area contributed by atoms with Crippen LogP contribution in [0, 0.1) is 0 Å². The fourth-order valence-corrected chi connectivity index (χ4v) is 1.70. The third kappa shape index (κ3) is 3.05. The third-order valence-electron chi connectivity index (χ3n) is 1.89. The quantitative estimate of drug-likeness (QED) is 0.749. The molecule has 90 valence electrons. The standard InChI is InChI=1S/C10H11N3O3S/c14-5-3-11-8-2-1-7(16-8)9(15)13-10-12-4-6-17-10/h1-2,4,6,11,14H,3,5H2,(H,12,13,15). The van der Waals surface area contributed by atoms with Gasteiger partial charge in [-0.05, 0) is 6.07 Å². The summed E-state index contributed by atoms with van der Waals surface area (Å²) in [4.78, 5) is 15.6. The second-order valence-electron chi connectivity index (χ2n) is 3.11. The smallest absolute Gasteiger partial charge is 0.293 e. The highest BCUT2D eigenvalue weighted by Crippen LogP contribution is 2.16. The minimum atomic E-state index is -0.350. The first kappa shape index (κ1) is 11.6. The molecule has 0 atom stereocenters. The van der Waals surface area contributed by atoms with Gasteiger partial charge >= 0.3 is 0 Å². The number of aromatic nitrogens is 1.